The molecule has 1 amide bonds. The molecule has 4 nitrogen and oxygen atoms in total. The number of benzene rings is 1. The first-order valence-electron chi connectivity index (χ1n) is 7.10. The summed E-state index contributed by atoms with van der Waals surface area (Å²) in [5.41, 5.74) is 0.966. The maximum atomic E-state index is 12.3. The molecule has 1 aromatic carbocycles. The molecule has 1 aromatic heterocycles. The first-order chi connectivity index (χ1) is 10.2. The molecule has 2 heterocycles. The molecule has 1 fully saturated rings. The Hall–Kier alpha value is -1.59. The van der Waals surface area contributed by atoms with Crippen LogP contribution in [0.3, 0.4) is 0 Å². The number of hydrogen-bond donors (Lipinski definition) is 0. The molecule has 1 aliphatic rings. The van der Waals surface area contributed by atoms with E-state index >= 15 is 0 Å². The topological polar surface area (TPSA) is 42.4 Å². The molecule has 0 saturated carbocycles. The lowest BCUT2D eigenvalue weighted by molar-refractivity contribution is -0.135. The fourth-order valence-electron chi connectivity index (χ4n) is 2.47. The number of hydrogen-bond acceptors (Lipinski definition) is 4. The van der Waals surface area contributed by atoms with E-state index in [2.05, 4.69) is 4.98 Å². The Bertz CT molecular complexity index is 642. The lowest BCUT2D eigenvalue weighted by Gasteiger charge is -2.31. The quantitative estimate of drug-likeness (QED) is 0.817. The number of rotatable bonds is 3. The highest BCUT2D eigenvalue weighted by atomic mass is 32.2. The van der Waals surface area contributed by atoms with Crippen molar-refractivity contribution in [3.8, 4) is 0 Å². The molecule has 1 saturated heterocycles. The molecule has 0 aliphatic carbocycles. The number of nitrogens with zero attached hydrogens (tertiary/aromatic N) is 2. The summed E-state index contributed by atoms with van der Waals surface area (Å²) in [6, 6.07) is 10.0. The molecule has 5 heteroatoms. The highest BCUT2D eigenvalue weighted by Crippen LogP contribution is 2.26. The van der Waals surface area contributed by atoms with Gasteiger partial charge in [-0.25, -0.2) is 0 Å². The third kappa shape index (κ3) is 3.36. The highest BCUT2D eigenvalue weighted by Gasteiger charge is 2.21. The smallest absolute Gasteiger partial charge is 0.233 e. The zero-order valence-electron chi connectivity index (χ0n) is 12.0. The number of amides is 1. The highest BCUT2D eigenvalue weighted by molar-refractivity contribution is 8.00. The van der Waals surface area contributed by atoms with Crippen molar-refractivity contribution in [3.05, 3.63) is 36.5 Å². The standard InChI is InChI=1S/C16H18N2O2S/c1-12-10-18(8-9-20-12)15(19)11-21-14-6-2-4-13-5-3-7-17-16(13)14/h2-7,12H,8-11H2,1H3/t12-/m0/s1. The first kappa shape index (κ1) is 14.4. The maximum absolute atomic E-state index is 12.3. The molecule has 0 bridgehead atoms. The predicted octanol–water partition coefficient (Wildman–Crippen LogP) is 2.57. The van der Waals surface area contributed by atoms with Gasteiger partial charge >= 0.3 is 0 Å². The van der Waals surface area contributed by atoms with Gasteiger partial charge < -0.3 is 9.64 Å². The molecule has 110 valence electrons. The number of fused-ring (bicyclic) bond motifs is 1. The van der Waals surface area contributed by atoms with Crippen molar-refractivity contribution >= 4 is 28.6 Å². The summed E-state index contributed by atoms with van der Waals surface area (Å²) >= 11 is 1.56. The summed E-state index contributed by atoms with van der Waals surface area (Å²) in [5.74, 6) is 0.616. The molecule has 0 N–H and O–H groups in total. The van der Waals surface area contributed by atoms with Gasteiger partial charge in [-0.2, -0.15) is 0 Å². The predicted molar refractivity (Wildman–Crippen MR) is 84.5 cm³/mol. The molecule has 1 atom stereocenters. The van der Waals surface area contributed by atoms with E-state index in [9.17, 15) is 4.79 Å². The van der Waals surface area contributed by atoms with Gasteiger partial charge in [0.2, 0.25) is 5.91 Å². The average molecular weight is 302 g/mol. The molecular formula is C16H18N2O2S. The molecular weight excluding hydrogens is 284 g/mol. The van der Waals surface area contributed by atoms with Crippen molar-refractivity contribution in [1.82, 2.24) is 9.88 Å². The number of aromatic nitrogens is 1. The number of carbonyl (C=O) groups excluding carboxylic acids is 1. The Labute approximate surface area is 128 Å². The molecule has 0 unspecified atom stereocenters. The van der Waals surface area contributed by atoms with Crippen molar-refractivity contribution in [2.45, 2.75) is 17.9 Å². The number of para-hydroxylation sites is 1. The Morgan fingerprint density at radius 2 is 2.29 bits per heavy atom. The van der Waals surface area contributed by atoms with Gasteiger partial charge in [-0.15, -0.1) is 11.8 Å². The van der Waals surface area contributed by atoms with Gasteiger partial charge in [0, 0.05) is 29.6 Å². The van der Waals surface area contributed by atoms with Gasteiger partial charge in [-0.1, -0.05) is 18.2 Å². The Morgan fingerprint density at radius 1 is 1.43 bits per heavy atom. The Kier molecular flexibility index (Phi) is 4.41. The van der Waals surface area contributed by atoms with Crippen LogP contribution in [-0.2, 0) is 9.53 Å². The van der Waals surface area contributed by atoms with E-state index in [0.717, 1.165) is 15.8 Å². The normalized spacial score (nSPS) is 18.9. The van der Waals surface area contributed by atoms with Crippen molar-refractivity contribution in [2.75, 3.05) is 25.4 Å². The van der Waals surface area contributed by atoms with Gasteiger partial charge in [0.15, 0.2) is 0 Å². The van der Waals surface area contributed by atoms with E-state index in [0.29, 0.717) is 25.4 Å². The van der Waals surface area contributed by atoms with Crippen LogP contribution in [0.5, 0.6) is 0 Å². The second-order valence-electron chi connectivity index (χ2n) is 5.14. The summed E-state index contributed by atoms with van der Waals surface area (Å²) in [5, 5.41) is 1.11. The molecule has 3 rings (SSSR count). The molecule has 2 aromatic rings. The van der Waals surface area contributed by atoms with E-state index in [1.54, 1.807) is 18.0 Å². The molecule has 21 heavy (non-hydrogen) atoms. The third-order valence-electron chi connectivity index (χ3n) is 3.54. The lowest BCUT2D eigenvalue weighted by Crippen LogP contribution is -2.45. The van der Waals surface area contributed by atoms with E-state index < -0.39 is 0 Å². The molecule has 0 spiro atoms. The number of ether oxygens (including phenoxy) is 1. The molecule has 0 radical (unpaired) electrons. The largest absolute Gasteiger partial charge is 0.375 e. The zero-order chi connectivity index (χ0) is 14.7. The minimum absolute atomic E-state index is 0.131. The van der Waals surface area contributed by atoms with Gasteiger partial charge in [0.1, 0.15) is 0 Å². The number of morpholine rings is 1. The average Bonchev–Trinajstić information content (AvgIpc) is 2.52. The fraction of sp³-hybridized carbons (Fsp3) is 0.375. The van der Waals surface area contributed by atoms with Gasteiger partial charge in [0.05, 0.1) is 24.0 Å². The third-order valence-corrected chi connectivity index (χ3v) is 4.57. The van der Waals surface area contributed by atoms with Crippen molar-refractivity contribution in [3.63, 3.8) is 0 Å². The van der Waals surface area contributed by atoms with E-state index in [1.165, 1.54) is 0 Å². The van der Waals surface area contributed by atoms with E-state index in [1.807, 2.05) is 42.2 Å². The van der Waals surface area contributed by atoms with Crippen molar-refractivity contribution < 1.29 is 9.53 Å². The zero-order valence-corrected chi connectivity index (χ0v) is 12.8. The van der Waals surface area contributed by atoms with Crippen LogP contribution in [0, 0.1) is 0 Å². The van der Waals surface area contributed by atoms with Crippen LogP contribution in [0.15, 0.2) is 41.4 Å². The van der Waals surface area contributed by atoms with Crippen molar-refractivity contribution in [1.29, 1.82) is 0 Å². The monoisotopic (exact) mass is 302 g/mol. The lowest BCUT2D eigenvalue weighted by atomic mass is 10.2. The minimum atomic E-state index is 0.131. The number of thioether (sulfide) groups is 1. The van der Waals surface area contributed by atoms with Crippen LogP contribution in [0.25, 0.3) is 10.9 Å². The van der Waals surface area contributed by atoms with Crippen LogP contribution in [0.2, 0.25) is 0 Å². The Balaban J connectivity index is 1.67. The van der Waals surface area contributed by atoms with Crippen LogP contribution in [0.4, 0.5) is 0 Å². The van der Waals surface area contributed by atoms with Gasteiger partial charge in [-0.3, -0.25) is 9.78 Å². The van der Waals surface area contributed by atoms with Crippen molar-refractivity contribution in [2.24, 2.45) is 0 Å². The summed E-state index contributed by atoms with van der Waals surface area (Å²) in [4.78, 5) is 19.6. The second-order valence-corrected chi connectivity index (χ2v) is 6.16. The summed E-state index contributed by atoms with van der Waals surface area (Å²) in [7, 11) is 0. The fourth-order valence-corrected chi connectivity index (χ4v) is 3.41. The van der Waals surface area contributed by atoms with Crippen LogP contribution < -0.4 is 0 Å². The maximum Gasteiger partial charge on any atom is 0.233 e. The van der Waals surface area contributed by atoms with Crippen LogP contribution in [-0.4, -0.2) is 47.3 Å². The number of pyridine rings is 1. The van der Waals surface area contributed by atoms with Crippen LogP contribution in [0.1, 0.15) is 6.92 Å². The SMILES string of the molecule is C[C@H]1CN(C(=O)CSc2cccc3cccnc23)CCO1. The first-order valence-corrected chi connectivity index (χ1v) is 8.08. The van der Waals surface area contributed by atoms with E-state index in [-0.39, 0.29) is 12.0 Å². The summed E-state index contributed by atoms with van der Waals surface area (Å²) in [6.07, 6.45) is 1.92. The summed E-state index contributed by atoms with van der Waals surface area (Å²) in [6.45, 7) is 4.01. The van der Waals surface area contributed by atoms with Crippen LogP contribution >= 0.6 is 11.8 Å². The summed E-state index contributed by atoms with van der Waals surface area (Å²) < 4.78 is 5.47. The Morgan fingerprint density at radius 3 is 3.14 bits per heavy atom. The van der Waals surface area contributed by atoms with E-state index in [4.69, 9.17) is 4.74 Å². The number of carbonyl (C=O) groups is 1. The van der Waals surface area contributed by atoms with Gasteiger partial charge in [0.25, 0.3) is 0 Å². The second kappa shape index (κ2) is 6.45. The molecule has 1 aliphatic heterocycles. The van der Waals surface area contributed by atoms with Gasteiger partial charge in [-0.05, 0) is 19.1 Å². The minimum Gasteiger partial charge on any atom is -0.375 e.